The maximum atomic E-state index is 13.0. The van der Waals surface area contributed by atoms with Gasteiger partial charge in [-0.15, -0.1) is 0 Å². The summed E-state index contributed by atoms with van der Waals surface area (Å²) in [7, 11) is 0. The largest absolute Gasteiger partial charge is 0.325 e. The number of hydrogen-bond acceptors (Lipinski definition) is 3. The number of carbonyl (C=O) groups excluding carboxylic acids is 2. The Morgan fingerprint density at radius 3 is 2.69 bits per heavy atom. The molecular weight excluding hydrogens is 375 g/mol. The number of urea groups is 1. The minimum atomic E-state index is -1.20. The number of hydrogen-bond donors (Lipinski definition) is 1. The summed E-state index contributed by atoms with van der Waals surface area (Å²) in [4.78, 5) is 31.0. The summed E-state index contributed by atoms with van der Waals surface area (Å²) in [5, 5.41) is 3.46. The fourth-order valence-corrected chi connectivity index (χ4v) is 3.37. The standard InChI is InChI=1S/C18H14Cl2N4O2/c1-18(11-5-6-13(19)14(20)8-11)16(25)24(17(26)22-18)10-12-9-23-7-3-2-4-15(23)21-12/h2-9H,10H2,1H3,(H,22,26). The Hall–Kier alpha value is -2.57. The van der Waals surface area contributed by atoms with Crippen molar-refractivity contribution in [3.63, 3.8) is 0 Å². The van der Waals surface area contributed by atoms with Crippen LogP contribution < -0.4 is 5.32 Å². The zero-order valence-corrected chi connectivity index (χ0v) is 15.3. The van der Waals surface area contributed by atoms with E-state index in [1.807, 2.05) is 28.8 Å². The van der Waals surface area contributed by atoms with Crippen molar-refractivity contribution in [2.45, 2.75) is 19.0 Å². The monoisotopic (exact) mass is 388 g/mol. The highest BCUT2D eigenvalue weighted by Gasteiger charge is 2.49. The van der Waals surface area contributed by atoms with Crippen molar-refractivity contribution in [3.8, 4) is 0 Å². The van der Waals surface area contributed by atoms with Crippen molar-refractivity contribution in [3.05, 3.63) is 70.1 Å². The number of rotatable bonds is 3. The van der Waals surface area contributed by atoms with Gasteiger partial charge in [-0.1, -0.05) is 35.3 Å². The number of carbonyl (C=O) groups is 2. The van der Waals surface area contributed by atoms with Gasteiger partial charge >= 0.3 is 6.03 Å². The molecule has 132 valence electrons. The zero-order chi connectivity index (χ0) is 18.5. The molecule has 0 spiro atoms. The number of amides is 3. The first-order chi connectivity index (χ1) is 12.4. The molecule has 0 radical (unpaired) electrons. The van der Waals surface area contributed by atoms with Crippen LogP contribution in [-0.4, -0.2) is 26.2 Å². The van der Waals surface area contributed by atoms with E-state index in [0.29, 0.717) is 21.3 Å². The molecule has 1 aromatic carbocycles. The van der Waals surface area contributed by atoms with Crippen LogP contribution in [0.2, 0.25) is 10.0 Å². The average molecular weight is 389 g/mol. The van der Waals surface area contributed by atoms with E-state index in [9.17, 15) is 9.59 Å². The summed E-state index contributed by atoms with van der Waals surface area (Å²) < 4.78 is 1.84. The van der Waals surface area contributed by atoms with Crippen molar-refractivity contribution in [1.82, 2.24) is 19.6 Å². The summed E-state index contributed by atoms with van der Waals surface area (Å²) in [6.07, 6.45) is 3.66. The van der Waals surface area contributed by atoms with E-state index in [1.165, 1.54) is 0 Å². The van der Waals surface area contributed by atoms with Crippen molar-refractivity contribution < 1.29 is 9.59 Å². The van der Waals surface area contributed by atoms with Crippen LogP contribution >= 0.6 is 23.2 Å². The highest BCUT2D eigenvalue weighted by Crippen LogP contribution is 2.33. The predicted molar refractivity (Wildman–Crippen MR) is 98.1 cm³/mol. The SMILES string of the molecule is CC1(c2ccc(Cl)c(Cl)c2)NC(=O)N(Cc2cn3ccccc3n2)C1=O. The van der Waals surface area contributed by atoms with Gasteiger partial charge in [-0.05, 0) is 36.8 Å². The van der Waals surface area contributed by atoms with Crippen LogP contribution in [-0.2, 0) is 16.9 Å². The molecule has 1 fully saturated rings. The molecule has 1 atom stereocenters. The van der Waals surface area contributed by atoms with Gasteiger partial charge in [0.1, 0.15) is 11.2 Å². The van der Waals surface area contributed by atoms with Crippen molar-refractivity contribution in [2.75, 3.05) is 0 Å². The molecule has 0 bridgehead atoms. The number of nitrogens with zero attached hydrogens (tertiary/aromatic N) is 3. The second-order valence-electron chi connectivity index (χ2n) is 6.27. The fourth-order valence-electron chi connectivity index (χ4n) is 3.07. The van der Waals surface area contributed by atoms with Gasteiger partial charge in [0.15, 0.2) is 0 Å². The number of pyridine rings is 1. The van der Waals surface area contributed by atoms with Crippen LogP contribution in [0.4, 0.5) is 4.79 Å². The molecule has 6 nitrogen and oxygen atoms in total. The first-order valence-electron chi connectivity index (χ1n) is 7.91. The lowest BCUT2D eigenvalue weighted by Crippen LogP contribution is -2.40. The molecule has 3 aromatic rings. The molecule has 2 aromatic heterocycles. The highest BCUT2D eigenvalue weighted by molar-refractivity contribution is 6.42. The smallest absolute Gasteiger partial charge is 0.319 e. The summed E-state index contributed by atoms with van der Waals surface area (Å²) >= 11 is 12.0. The minimum Gasteiger partial charge on any atom is -0.319 e. The van der Waals surface area contributed by atoms with Gasteiger partial charge in [0.2, 0.25) is 0 Å². The third kappa shape index (κ3) is 2.62. The molecule has 0 saturated carbocycles. The molecule has 1 N–H and O–H groups in total. The quantitative estimate of drug-likeness (QED) is 0.696. The van der Waals surface area contributed by atoms with E-state index in [0.717, 1.165) is 10.5 Å². The van der Waals surface area contributed by atoms with Gasteiger partial charge in [-0.3, -0.25) is 9.69 Å². The van der Waals surface area contributed by atoms with Gasteiger partial charge in [0, 0.05) is 12.4 Å². The van der Waals surface area contributed by atoms with Crippen molar-refractivity contribution in [1.29, 1.82) is 0 Å². The first-order valence-corrected chi connectivity index (χ1v) is 8.66. The van der Waals surface area contributed by atoms with E-state index < -0.39 is 11.6 Å². The minimum absolute atomic E-state index is 0.0866. The lowest BCUT2D eigenvalue weighted by Gasteiger charge is -2.22. The van der Waals surface area contributed by atoms with Crippen molar-refractivity contribution in [2.24, 2.45) is 0 Å². The van der Waals surface area contributed by atoms with Crippen LogP contribution in [0.3, 0.4) is 0 Å². The second-order valence-corrected chi connectivity index (χ2v) is 7.09. The third-order valence-corrected chi connectivity index (χ3v) is 5.24. The lowest BCUT2D eigenvalue weighted by molar-refractivity contribution is -0.131. The summed E-state index contributed by atoms with van der Waals surface area (Å²) in [5.41, 5.74) is 0.743. The number of halogens is 2. The van der Waals surface area contributed by atoms with Crippen LogP contribution in [0.25, 0.3) is 5.65 Å². The molecule has 1 unspecified atom stereocenters. The maximum Gasteiger partial charge on any atom is 0.325 e. The Labute approximate surface area is 159 Å². The van der Waals surface area contributed by atoms with Crippen LogP contribution in [0.5, 0.6) is 0 Å². The van der Waals surface area contributed by atoms with E-state index >= 15 is 0 Å². The normalized spacial score (nSPS) is 20.0. The van der Waals surface area contributed by atoms with Crippen LogP contribution in [0, 0.1) is 0 Å². The highest BCUT2D eigenvalue weighted by atomic mass is 35.5. The van der Waals surface area contributed by atoms with Gasteiger partial charge in [-0.25, -0.2) is 9.78 Å². The maximum absolute atomic E-state index is 13.0. The molecular formula is C18H14Cl2N4O2. The summed E-state index contributed by atoms with van der Waals surface area (Å²) in [6, 6.07) is 10.0. The average Bonchev–Trinajstić information content (AvgIpc) is 3.12. The van der Waals surface area contributed by atoms with Gasteiger partial charge in [-0.2, -0.15) is 0 Å². The molecule has 8 heteroatoms. The van der Waals surface area contributed by atoms with E-state index in [2.05, 4.69) is 10.3 Å². The predicted octanol–water partition coefficient (Wildman–Crippen LogP) is 3.61. The molecule has 3 heterocycles. The molecule has 1 saturated heterocycles. The Morgan fingerprint density at radius 1 is 1.15 bits per heavy atom. The molecule has 4 rings (SSSR count). The summed E-state index contributed by atoms with van der Waals surface area (Å²) in [6.45, 7) is 1.74. The van der Waals surface area contributed by atoms with Crippen LogP contribution in [0.15, 0.2) is 48.8 Å². The number of aromatic nitrogens is 2. The van der Waals surface area contributed by atoms with E-state index in [-0.39, 0.29) is 12.5 Å². The Morgan fingerprint density at radius 2 is 1.96 bits per heavy atom. The van der Waals surface area contributed by atoms with Gasteiger partial charge < -0.3 is 9.72 Å². The van der Waals surface area contributed by atoms with E-state index in [1.54, 1.807) is 31.3 Å². The Bertz CT molecular complexity index is 1020. The first kappa shape index (κ1) is 16.9. The molecule has 26 heavy (non-hydrogen) atoms. The second kappa shape index (κ2) is 6.00. The zero-order valence-electron chi connectivity index (χ0n) is 13.7. The number of imidazole rings is 1. The number of fused-ring (bicyclic) bond motifs is 1. The molecule has 3 amide bonds. The van der Waals surface area contributed by atoms with E-state index in [4.69, 9.17) is 23.2 Å². The van der Waals surface area contributed by atoms with Gasteiger partial charge in [0.05, 0.1) is 22.3 Å². The number of nitrogens with one attached hydrogen (secondary N) is 1. The van der Waals surface area contributed by atoms with Crippen LogP contribution in [0.1, 0.15) is 18.2 Å². The number of imide groups is 1. The Balaban J connectivity index is 1.65. The lowest BCUT2D eigenvalue weighted by atomic mass is 9.92. The van der Waals surface area contributed by atoms with Crippen molar-refractivity contribution >= 4 is 40.8 Å². The fraction of sp³-hybridized carbons (Fsp3) is 0.167. The molecule has 0 aliphatic carbocycles. The molecule has 1 aliphatic rings. The number of benzene rings is 1. The molecule has 1 aliphatic heterocycles. The third-order valence-electron chi connectivity index (χ3n) is 4.51. The van der Waals surface area contributed by atoms with Gasteiger partial charge in [0.25, 0.3) is 5.91 Å². The Kier molecular flexibility index (Phi) is 3.89. The summed E-state index contributed by atoms with van der Waals surface area (Å²) in [5.74, 6) is -0.363. The topological polar surface area (TPSA) is 66.7 Å².